The van der Waals surface area contributed by atoms with E-state index < -0.39 is 12.1 Å². The van der Waals surface area contributed by atoms with Crippen LogP contribution in [0, 0.1) is 5.92 Å². The quantitative estimate of drug-likeness (QED) is 0.889. The number of nitrogens with one attached hydrogen (secondary N) is 1. The van der Waals surface area contributed by atoms with Crippen molar-refractivity contribution in [2.75, 3.05) is 6.61 Å². The molecule has 0 heterocycles. The van der Waals surface area contributed by atoms with Gasteiger partial charge in [0.05, 0.1) is 18.6 Å². The van der Waals surface area contributed by atoms with E-state index in [0.29, 0.717) is 12.8 Å². The van der Waals surface area contributed by atoms with Gasteiger partial charge in [-0.05, 0) is 31.2 Å². The minimum Gasteiger partial charge on any atom is -0.394 e. The van der Waals surface area contributed by atoms with Crippen LogP contribution in [0.25, 0.3) is 0 Å². The first-order chi connectivity index (χ1) is 9.50. The summed E-state index contributed by atoms with van der Waals surface area (Å²) in [6.07, 6.45) is -2.70. The summed E-state index contributed by atoms with van der Waals surface area (Å²) >= 11 is 0. The van der Waals surface area contributed by atoms with Crippen LogP contribution in [0.4, 0.5) is 13.2 Å². The van der Waals surface area contributed by atoms with Crippen molar-refractivity contribution in [2.45, 2.75) is 43.9 Å². The predicted molar refractivity (Wildman–Crippen MR) is 71.2 cm³/mol. The van der Waals surface area contributed by atoms with E-state index in [1.807, 2.05) is 30.3 Å². The summed E-state index contributed by atoms with van der Waals surface area (Å²) in [6, 6.07) is 9.34. The SMILES string of the molecule is OC[C@H](NC1CCC(C(F)(F)F)CC1)c1ccccc1. The van der Waals surface area contributed by atoms with E-state index in [0.717, 1.165) is 5.56 Å². The number of aliphatic hydroxyl groups excluding tert-OH is 1. The van der Waals surface area contributed by atoms with Crippen LogP contribution in [0.5, 0.6) is 0 Å². The Morgan fingerprint density at radius 3 is 2.20 bits per heavy atom. The smallest absolute Gasteiger partial charge is 0.391 e. The van der Waals surface area contributed by atoms with Crippen LogP contribution in [0.3, 0.4) is 0 Å². The van der Waals surface area contributed by atoms with Crippen molar-refractivity contribution >= 4 is 0 Å². The van der Waals surface area contributed by atoms with Crippen LogP contribution in [-0.4, -0.2) is 23.9 Å². The lowest BCUT2D eigenvalue weighted by Crippen LogP contribution is -2.39. The van der Waals surface area contributed by atoms with Gasteiger partial charge in [0.25, 0.3) is 0 Å². The molecule has 0 radical (unpaired) electrons. The molecule has 0 saturated heterocycles. The van der Waals surface area contributed by atoms with Gasteiger partial charge < -0.3 is 10.4 Å². The third-order valence-corrected chi connectivity index (χ3v) is 4.01. The molecule has 1 saturated carbocycles. The van der Waals surface area contributed by atoms with E-state index in [1.54, 1.807) is 0 Å². The Hall–Kier alpha value is -1.07. The zero-order chi connectivity index (χ0) is 14.6. The second-order valence-electron chi connectivity index (χ2n) is 5.40. The maximum Gasteiger partial charge on any atom is 0.391 e. The molecule has 1 atom stereocenters. The van der Waals surface area contributed by atoms with Gasteiger partial charge in [0.15, 0.2) is 0 Å². The summed E-state index contributed by atoms with van der Waals surface area (Å²) < 4.78 is 37.8. The Kier molecular flexibility index (Phi) is 5.05. The van der Waals surface area contributed by atoms with Crippen molar-refractivity contribution in [3.8, 4) is 0 Å². The van der Waals surface area contributed by atoms with Crippen molar-refractivity contribution in [2.24, 2.45) is 5.92 Å². The summed E-state index contributed by atoms with van der Waals surface area (Å²) in [7, 11) is 0. The van der Waals surface area contributed by atoms with Gasteiger partial charge >= 0.3 is 6.18 Å². The Morgan fingerprint density at radius 2 is 1.70 bits per heavy atom. The predicted octanol–water partition coefficient (Wildman–Crippen LogP) is 3.43. The third kappa shape index (κ3) is 3.96. The van der Waals surface area contributed by atoms with Gasteiger partial charge in [-0.15, -0.1) is 0 Å². The average Bonchev–Trinajstić information content (AvgIpc) is 2.45. The molecule has 0 aromatic heterocycles. The van der Waals surface area contributed by atoms with Crippen molar-refractivity contribution in [1.82, 2.24) is 5.32 Å². The van der Waals surface area contributed by atoms with Crippen molar-refractivity contribution in [1.29, 1.82) is 0 Å². The van der Waals surface area contributed by atoms with Crippen LogP contribution in [-0.2, 0) is 0 Å². The molecule has 0 spiro atoms. The first-order valence-corrected chi connectivity index (χ1v) is 6.99. The first kappa shape index (κ1) is 15.3. The van der Waals surface area contributed by atoms with Gasteiger partial charge in [0.1, 0.15) is 0 Å². The molecular formula is C15H20F3NO. The maximum atomic E-state index is 12.6. The van der Waals surface area contributed by atoms with E-state index in [2.05, 4.69) is 5.32 Å². The van der Waals surface area contributed by atoms with E-state index in [4.69, 9.17) is 0 Å². The summed E-state index contributed by atoms with van der Waals surface area (Å²) in [5.41, 5.74) is 0.966. The molecule has 0 amide bonds. The molecule has 0 bridgehead atoms. The largest absolute Gasteiger partial charge is 0.394 e. The van der Waals surface area contributed by atoms with Gasteiger partial charge in [-0.1, -0.05) is 30.3 Å². The Morgan fingerprint density at radius 1 is 1.10 bits per heavy atom. The Balaban J connectivity index is 1.88. The van der Waals surface area contributed by atoms with Crippen LogP contribution in [0.2, 0.25) is 0 Å². The topological polar surface area (TPSA) is 32.3 Å². The normalized spacial score (nSPS) is 25.4. The first-order valence-electron chi connectivity index (χ1n) is 6.99. The minimum atomic E-state index is -4.07. The van der Waals surface area contributed by atoms with Crippen molar-refractivity contribution in [3.05, 3.63) is 35.9 Å². The highest BCUT2D eigenvalue weighted by molar-refractivity contribution is 5.19. The van der Waals surface area contributed by atoms with Crippen LogP contribution < -0.4 is 5.32 Å². The molecule has 0 unspecified atom stereocenters. The third-order valence-electron chi connectivity index (χ3n) is 4.01. The van der Waals surface area contributed by atoms with Gasteiger partial charge in [-0.3, -0.25) is 0 Å². The number of halogens is 3. The summed E-state index contributed by atoms with van der Waals surface area (Å²) in [6.45, 7) is -0.0524. The lowest BCUT2D eigenvalue weighted by molar-refractivity contribution is -0.182. The molecule has 0 aliphatic heterocycles. The molecule has 112 valence electrons. The van der Waals surface area contributed by atoms with Crippen LogP contribution in [0.15, 0.2) is 30.3 Å². The molecule has 2 rings (SSSR count). The number of aliphatic hydroxyl groups is 1. The molecule has 1 fully saturated rings. The average molecular weight is 287 g/mol. The highest BCUT2D eigenvalue weighted by Gasteiger charge is 2.41. The molecule has 1 aromatic carbocycles. The van der Waals surface area contributed by atoms with E-state index >= 15 is 0 Å². The molecule has 5 heteroatoms. The molecule has 1 aromatic rings. The van der Waals surface area contributed by atoms with Crippen LogP contribution >= 0.6 is 0 Å². The molecular weight excluding hydrogens is 267 g/mol. The van der Waals surface area contributed by atoms with Gasteiger partial charge in [0, 0.05) is 6.04 Å². The van der Waals surface area contributed by atoms with E-state index in [1.165, 1.54) is 0 Å². The highest BCUT2D eigenvalue weighted by Crippen LogP contribution is 2.37. The molecule has 1 aliphatic rings. The summed E-state index contributed by atoms with van der Waals surface area (Å²) in [4.78, 5) is 0. The van der Waals surface area contributed by atoms with Gasteiger partial charge in [-0.2, -0.15) is 13.2 Å². The van der Waals surface area contributed by atoms with Gasteiger partial charge in [-0.25, -0.2) is 0 Å². The summed E-state index contributed by atoms with van der Waals surface area (Å²) in [5, 5.41) is 12.7. The van der Waals surface area contributed by atoms with Crippen LogP contribution in [0.1, 0.15) is 37.3 Å². The van der Waals surface area contributed by atoms with Crippen molar-refractivity contribution < 1.29 is 18.3 Å². The number of rotatable bonds is 4. The lowest BCUT2D eigenvalue weighted by Gasteiger charge is -2.32. The number of alkyl halides is 3. The number of benzene rings is 1. The Labute approximate surface area is 117 Å². The summed E-state index contributed by atoms with van der Waals surface area (Å²) in [5.74, 6) is -1.16. The number of hydrogen-bond donors (Lipinski definition) is 2. The zero-order valence-electron chi connectivity index (χ0n) is 11.2. The molecule has 2 N–H and O–H groups in total. The molecule has 20 heavy (non-hydrogen) atoms. The fraction of sp³-hybridized carbons (Fsp3) is 0.600. The maximum absolute atomic E-state index is 12.6. The standard InChI is InChI=1S/C15H20F3NO/c16-15(17,18)12-6-8-13(9-7-12)19-14(10-20)11-4-2-1-3-5-11/h1-5,12-14,19-20H,6-10H2/t12?,13?,14-/m0/s1. The molecule has 2 nitrogen and oxygen atoms in total. The van der Waals surface area contributed by atoms with E-state index in [9.17, 15) is 18.3 Å². The van der Waals surface area contributed by atoms with Crippen molar-refractivity contribution in [3.63, 3.8) is 0 Å². The highest BCUT2D eigenvalue weighted by atomic mass is 19.4. The second-order valence-corrected chi connectivity index (χ2v) is 5.40. The number of hydrogen-bond acceptors (Lipinski definition) is 2. The lowest BCUT2D eigenvalue weighted by atomic mass is 9.85. The second kappa shape index (κ2) is 6.59. The fourth-order valence-corrected chi connectivity index (χ4v) is 2.81. The van der Waals surface area contributed by atoms with E-state index in [-0.39, 0.29) is 31.5 Å². The fourth-order valence-electron chi connectivity index (χ4n) is 2.81. The minimum absolute atomic E-state index is 0.0472. The zero-order valence-corrected chi connectivity index (χ0v) is 11.2. The monoisotopic (exact) mass is 287 g/mol. The Bertz CT molecular complexity index is 399. The molecule has 1 aliphatic carbocycles. The van der Waals surface area contributed by atoms with Gasteiger partial charge in [0.2, 0.25) is 0 Å².